The minimum absolute atomic E-state index is 0.550. The zero-order valence-electron chi connectivity index (χ0n) is 10.7. The van der Waals surface area contributed by atoms with Crippen molar-refractivity contribution in [1.82, 2.24) is 9.97 Å². The number of aromatic nitrogens is 2. The van der Waals surface area contributed by atoms with Gasteiger partial charge in [-0.05, 0) is 43.9 Å². The quantitative estimate of drug-likeness (QED) is 0.874. The molecule has 2 N–H and O–H groups in total. The third-order valence-corrected chi connectivity index (χ3v) is 3.74. The number of hydrogen-bond acceptors (Lipinski definition) is 2. The van der Waals surface area contributed by atoms with Gasteiger partial charge in [-0.1, -0.05) is 29.3 Å². The van der Waals surface area contributed by atoms with Crippen LogP contribution in [0, 0.1) is 6.92 Å². The fourth-order valence-electron chi connectivity index (χ4n) is 2.00. The largest absolute Gasteiger partial charge is 0.387 e. The Morgan fingerprint density at radius 3 is 2.58 bits per heavy atom. The second-order valence-electron chi connectivity index (χ2n) is 4.52. The van der Waals surface area contributed by atoms with E-state index in [4.69, 9.17) is 23.2 Å². The molecule has 1 aromatic carbocycles. The van der Waals surface area contributed by atoms with Gasteiger partial charge in [-0.15, -0.1) is 0 Å². The van der Waals surface area contributed by atoms with Crippen LogP contribution < -0.4 is 0 Å². The summed E-state index contributed by atoms with van der Waals surface area (Å²) in [7, 11) is 0. The van der Waals surface area contributed by atoms with Crippen molar-refractivity contribution in [2.45, 2.75) is 32.3 Å². The van der Waals surface area contributed by atoms with Gasteiger partial charge in [0.25, 0.3) is 0 Å². The lowest BCUT2D eigenvalue weighted by Gasteiger charge is -2.09. The number of aryl methyl sites for hydroxylation is 1. The monoisotopic (exact) mass is 298 g/mol. The van der Waals surface area contributed by atoms with Crippen LogP contribution in [0.1, 0.15) is 36.0 Å². The van der Waals surface area contributed by atoms with Crippen molar-refractivity contribution in [3.05, 3.63) is 51.5 Å². The summed E-state index contributed by atoms with van der Waals surface area (Å²) in [6, 6.07) is 5.49. The van der Waals surface area contributed by atoms with E-state index in [2.05, 4.69) is 9.97 Å². The molecule has 19 heavy (non-hydrogen) atoms. The summed E-state index contributed by atoms with van der Waals surface area (Å²) < 4.78 is 0. The molecule has 0 radical (unpaired) electrons. The topological polar surface area (TPSA) is 48.9 Å². The Bertz CT molecular complexity index is 534. The average Bonchev–Trinajstić information content (AvgIpc) is 2.79. The lowest BCUT2D eigenvalue weighted by atomic mass is 10.0. The number of aromatic amines is 1. The molecule has 3 nitrogen and oxygen atoms in total. The molecule has 0 fully saturated rings. The first-order valence-corrected chi connectivity index (χ1v) is 6.96. The molecule has 2 aromatic rings. The molecule has 0 bridgehead atoms. The molecule has 0 saturated heterocycles. The van der Waals surface area contributed by atoms with Crippen LogP contribution in [0.2, 0.25) is 10.0 Å². The summed E-state index contributed by atoms with van der Waals surface area (Å²) in [6.07, 6.45) is 3.37. The van der Waals surface area contributed by atoms with Crippen molar-refractivity contribution in [3.8, 4) is 0 Å². The summed E-state index contributed by atoms with van der Waals surface area (Å²) >= 11 is 12.2. The van der Waals surface area contributed by atoms with Gasteiger partial charge in [0.05, 0.1) is 11.8 Å². The van der Waals surface area contributed by atoms with Crippen LogP contribution in [-0.4, -0.2) is 15.1 Å². The first-order chi connectivity index (χ1) is 9.08. The number of halogens is 2. The van der Waals surface area contributed by atoms with Gasteiger partial charge in [0.2, 0.25) is 0 Å². The third kappa shape index (κ3) is 3.72. The fraction of sp³-hybridized carbons (Fsp3) is 0.357. The number of imidazole rings is 1. The summed E-state index contributed by atoms with van der Waals surface area (Å²) in [5, 5.41) is 11.4. The molecular weight excluding hydrogens is 283 g/mol. The highest BCUT2D eigenvalue weighted by molar-refractivity contribution is 6.35. The van der Waals surface area contributed by atoms with Crippen LogP contribution in [0.15, 0.2) is 24.4 Å². The maximum atomic E-state index is 10.0. The van der Waals surface area contributed by atoms with Gasteiger partial charge in [0, 0.05) is 16.2 Å². The number of aliphatic hydroxyl groups is 1. The molecule has 0 aliphatic rings. The minimum Gasteiger partial charge on any atom is -0.387 e. The molecule has 0 amide bonds. The second-order valence-corrected chi connectivity index (χ2v) is 5.33. The minimum atomic E-state index is -0.550. The smallest absolute Gasteiger partial charge is 0.103 e. The van der Waals surface area contributed by atoms with Gasteiger partial charge >= 0.3 is 0 Å². The SMILES string of the molecule is Cc1nc(C(O)CCCc2c(Cl)cccc2Cl)c[nH]1. The van der Waals surface area contributed by atoms with E-state index in [0.717, 1.165) is 24.2 Å². The summed E-state index contributed by atoms with van der Waals surface area (Å²) in [5.74, 6) is 0.809. The van der Waals surface area contributed by atoms with Crippen molar-refractivity contribution >= 4 is 23.2 Å². The number of rotatable bonds is 5. The lowest BCUT2D eigenvalue weighted by molar-refractivity contribution is 0.160. The Labute approximate surface area is 122 Å². The Morgan fingerprint density at radius 2 is 2.00 bits per heavy atom. The van der Waals surface area contributed by atoms with Crippen LogP contribution in [0.3, 0.4) is 0 Å². The van der Waals surface area contributed by atoms with Crippen LogP contribution in [0.5, 0.6) is 0 Å². The van der Waals surface area contributed by atoms with Crippen LogP contribution in [-0.2, 0) is 6.42 Å². The molecular formula is C14H16Cl2N2O. The molecule has 5 heteroatoms. The van der Waals surface area contributed by atoms with E-state index in [1.807, 2.05) is 25.1 Å². The predicted molar refractivity (Wildman–Crippen MR) is 77.7 cm³/mol. The van der Waals surface area contributed by atoms with E-state index < -0.39 is 6.10 Å². The number of benzene rings is 1. The lowest BCUT2D eigenvalue weighted by Crippen LogP contribution is -1.99. The highest BCUT2D eigenvalue weighted by atomic mass is 35.5. The van der Waals surface area contributed by atoms with Gasteiger partial charge in [0.15, 0.2) is 0 Å². The number of nitrogens with one attached hydrogen (secondary N) is 1. The molecule has 0 aliphatic heterocycles. The fourth-order valence-corrected chi connectivity index (χ4v) is 2.58. The zero-order chi connectivity index (χ0) is 13.8. The standard InChI is InChI=1S/C14H16Cl2N2O/c1-9-17-8-13(18-9)14(19)7-2-4-10-11(15)5-3-6-12(10)16/h3,5-6,8,14,19H,2,4,7H2,1H3,(H,17,18). The summed E-state index contributed by atoms with van der Waals surface area (Å²) in [4.78, 5) is 7.18. The summed E-state index contributed by atoms with van der Waals surface area (Å²) in [6.45, 7) is 1.86. The van der Waals surface area contributed by atoms with E-state index in [9.17, 15) is 5.11 Å². The van der Waals surface area contributed by atoms with Gasteiger partial charge in [-0.25, -0.2) is 4.98 Å². The molecule has 1 heterocycles. The maximum absolute atomic E-state index is 10.0. The average molecular weight is 299 g/mol. The Kier molecular flexibility index (Phi) is 4.86. The van der Waals surface area contributed by atoms with Gasteiger partial charge in [-0.2, -0.15) is 0 Å². The van der Waals surface area contributed by atoms with E-state index in [0.29, 0.717) is 22.2 Å². The molecule has 0 saturated carbocycles. The van der Waals surface area contributed by atoms with Gasteiger partial charge in [0.1, 0.15) is 5.82 Å². The molecule has 1 atom stereocenters. The van der Waals surface area contributed by atoms with Crippen LogP contribution in [0.25, 0.3) is 0 Å². The zero-order valence-corrected chi connectivity index (χ0v) is 12.2. The maximum Gasteiger partial charge on any atom is 0.103 e. The number of aliphatic hydroxyl groups excluding tert-OH is 1. The van der Waals surface area contributed by atoms with Crippen molar-refractivity contribution in [2.24, 2.45) is 0 Å². The van der Waals surface area contributed by atoms with Gasteiger partial charge in [-0.3, -0.25) is 0 Å². The van der Waals surface area contributed by atoms with Crippen molar-refractivity contribution < 1.29 is 5.11 Å². The van der Waals surface area contributed by atoms with E-state index in [-0.39, 0.29) is 0 Å². The highest BCUT2D eigenvalue weighted by Gasteiger charge is 2.12. The Balaban J connectivity index is 1.90. The molecule has 0 aliphatic carbocycles. The molecule has 0 spiro atoms. The second kappa shape index (κ2) is 6.42. The molecule has 2 rings (SSSR count). The normalized spacial score (nSPS) is 12.6. The predicted octanol–water partition coefficient (Wildman–Crippen LogP) is 4.08. The van der Waals surface area contributed by atoms with E-state index >= 15 is 0 Å². The van der Waals surface area contributed by atoms with Crippen molar-refractivity contribution in [3.63, 3.8) is 0 Å². The van der Waals surface area contributed by atoms with Crippen LogP contribution in [0.4, 0.5) is 0 Å². The highest BCUT2D eigenvalue weighted by Crippen LogP contribution is 2.27. The van der Waals surface area contributed by atoms with Crippen molar-refractivity contribution in [1.29, 1.82) is 0 Å². The summed E-state index contributed by atoms with van der Waals surface area (Å²) in [5.41, 5.74) is 1.62. The molecule has 1 unspecified atom stereocenters. The van der Waals surface area contributed by atoms with E-state index in [1.54, 1.807) is 6.20 Å². The first-order valence-electron chi connectivity index (χ1n) is 6.21. The Hall–Kier alpha value is -1.03. The number of nitrogens with zero attached hydrogens (tertiary/aromatic N) is 1. The van der Waals surface area contributed by atoms with E-state index in [1.165, 1.54) is 0 Å². The third-order valence-electron chi connectivity index (χ3n) is 3.03. The van der Waals surface area contributed by atoms with Crippen molar-refractivity contribution in [2.75, 3.05) is 0 Å². The number of H-pyrrole nitrogens is 1. The Morgan fingerprint density at radius 1 is 1.32 bits per heavy atom. The molecule has 1 aromatic heterocycles. The number of hydrogen-bond donors (Lipinski definition) is 2. The van der Waals surface area contributed by atoms with Crippen LogP contribution >= 0.6 is 23.2 Å². The molecule has 102 valence electrons. The van der Waals surface area contributed by atoms with Gasteiger partial charge < -0.3 is 10.1 Å². The first kappa shape index (κ1) is 14.4.